The zero-order valence-corrected chi connectivity index (χ0v) is 9.84. The molecular weight excluding hydrogens is 232 g/mol. The summed E-state index contributed by atoms with van der Waals surface area (Å²) in [5.74, 6) is 2.70. The van der Waals surface area contributed by atoms with Gasteiger partial charge < -0.3 is 10.1 Å². The van der Waals surface area contributed by atoms with Crippen molar-refractivity contribution in [3.05, 3.63) is 24.3 Å². The molecule has 92 valence electrons. The third-order valence-corrected chi connectivity index (χ3v) is 2.67. The Bertz CT molecular complexity index is 516. The molecule has 1 aliphatic heterocycles. The van der Waals surface area contributed by atoms with E-state index in [0.717, 1.165) is 4.90 Å². The number of hydrogen-bond donors (Lipinski definition) is 1. The third kappa shape index (κ3) is 2.00. The highest BCUT2D eigenvalue weighted by atomic mass is 16.5. The van der Waals surface area contributed by atoms with Crippen molar-refractivity contribution >= 4 is 17.6 Å². The third-order valence-electron chi connectivity index (χ3n) is 2.67. The molecule has 0 bridgehead atoms. The summed E-state index contributed by atoms with van der Waals surface area (Å²) in [5.41, 5.74) is 0.498. The van der Waals surface area contributed by atoms with Crippen molar-refractivity contribution in [1.82, 2.24) is 5.32 Å². The van der Waals surface area contributed by atoms with Crippen LogP contribution in [0.25, 0.3) is 0 Å². The first-order valence-corrected chi connectivity index (χ1v) is 5.39. The van der Waals surface area contributed by atoms with Crippen molar-refractivity contribution in [3.8, 4) is 18.1 Å². The second kappa shape index (κ2) is 4.80. The van der Waals surface area contributed by atoms with Gasteiger partial charge in [0.05, 0.1) is 12.8 Å². The van der Waals surface area contributed by atoms with Gasteiger partial charge in [-0.05, 0) is 24.3 Å². The lowest BCUT2D eigenvalue weighted by Crippen LogP contribution is -2.31. The summed E-state index contributed by atoms with van der Waals surface area (Å²) in [6, 6.07) is 5.58. The number of imide groups is 1. The lowest BCUT2D eigenvalue weighted by Gasteiger charge is -2.13. The minimum absolute atomic E-state index is 0.192. The second-order valence-corrected chi connectivity index (χ2v) is 3.78. The molecule has 1 unspecified atom stereocenters. The van der Waals surface area contributed by atoms with E-state index < -0.39 is 12.1 Å². The smallest absolute Gasteiger partial charge is 0.329 e. The van der Waals surface area contributed by atoms with Gasteiger partial charge in [0.1, 0.15) is 11.8 Å². The lowest BCUT2D eigenvalue weighted by atomic mass is 10.2. The Balaban J connectivity index is 2.25. The molecule has 0 spiro atoms. The molecule has 1 aliphatic rings. The van der Waals surface area contributed by atoms with Crippen LogP contribution in [-0.2, 0) is 4.79 Å². The molecule has 1 heterocycles. The van der Waals surface area contributed by atoms with Crippen molar-refractivity contribution in [2.24, 2.45) is 0 Å². The summed E-state index contributed by atoms with van der Waals surface area (Å²) in [5, 5.41) is 2.55. The molecule has 1 aromatic carbocycles. The number of nitrogens with zero attached hydrogens (tertiary/aromatic N) is 1. The predicted molar refractivity (Wildman–Crippen MR) is 66.2 cm³/mol. The number of benzene rings is 1. The van der Waals surface area contributed by atoms with Gasteiger partial charge >= 0.3 is 6.03 Å². The predicted octanol–water partition coefficient (Wildman–Crippen LogP) is 1.14. The van der Waals surface area contributed by atoms with Gasteiger partial charge in [0, 0.05) is 6.42 Å². The van der Waals surface area contributed by atoms with Crippen LogP contribution < -0.4 is 15.0 Å². The highest BCUT2D eigenvalue weighted by molar-refractivity contribution is 6.21. The number of carbonyl (C=O) groups is 2. The minimum atomic E-state index is -0.635. The Morgan fingerprint density at radius 2 is 2.06 bits per heavy atom. The fourth-order valence-corrected chi connectivity index (χ4v) is 1.76. The first-order chi connectivity index (χ1) is 8.67. The maximum atomic E-state index is 12.0. The van der Waals surface area contributed by atoms with E-state index >= 15 is 0 Å². The van der Waals surface area contributed by atoms with Crippen LogP contribution in [0.3, 0.4) is 0 Å². The standard InChI is InChI=1S/C13H12N2O3/c1-3-4-11-12(16)15(13(17)14-11)9-5-7-10(18-2)8-6-9/h1,5-8,11H,4H2,2H3,(H,14,17). The molecule has 0 saturated carbocycles. The molecule has 18 heavy (non-hydrogen) atoms. The quantitative estimate of drug-likeness (QED) is 0.640. The second-order valence-electron chi connectivity index (χ2n) is 3.78. The van der Waals surface area contributed by atoms with Gasteiger partial charge in [0.15, 0.2) is 0 Å². The van der Waals surface area contributed by atoms with Gasteiger partial charge in [-0.15, -0.1) is 12.3 Å². The highest BCUT2D eigenvalue weighted by Crippen LogP contribution is 2.23. The molecule has 1 fully saturated rings. The Morgan fingerprint density at radius 3 is 2.61 bits per heavy atom. The SMILES string of the molecule is C#CCC1NC(=O)N(c2ccc(OC)cc2)C1=O. The molecular formula is C13H12N2O3. The maximum Gasteiger partial charge on any atom is 0.329 e. The van der Waals surface area contributed by atoms with Crippen LogP contribution in [0, 0.1) is 12.3 Å². The number of carbonyl (C=O) groups excluding carboxylic acids is 2. The summed E-state index contributed by atoms with van der Waals surface area (Å²) in [6.45, 7) is 0. The summed E-state index contributed by atoms with van der Waals surface area (Å²) in [6.07, 6.45) is 5.34. The number of amides is 3. The van der Waals surface area contributed by atoms with E-state index in [0.29, 0.717) is 11.4 Å². The van der Waals surface area contributed by atoms with E-state index in [1.165, 1.54) is 0 Å². The molecule has 0 aliphatic carbocycles. The molecule has 1 N–H and O–H groups in total. The molecule has 0 radical (unpaired) electrons. The first-order valence-electron chi connectivity index (χ1n) is 5.39. The van der Waals surface area contributed by atoms with Crippen LogP contribution in [-0.4, -0.2) is 25.1 Å². The van der Waals surface area contributed by atoms with Gasteiger partial charge in [0.25, 0.3) is 5.91 Å². The number of hydrogen-bond acceptors (Lipinski definition) is 3. The molecule has 5 nitrogen and oxygen atoms in total. The summed E-state index contributed by atoms with van der Waals surface area (Å²) >= 11 is 0. The number of ether oxygens (including phenoxy) is 1. The monoisotopic (exact) mass is 244 g/mol. The van der Waals surface area contributed by atoms with Crippen LogP contribution in [0.2, 0.25) is 0 Å². The molecule has 0 aromatic heterocycles. The first kappa shape index (κ1) is 12.0. The molecule has 5 heteroatoms. The minimum Gasteiger partial charge on any atom is -0.497 e. The van der Waals surface area contributed by atoms with E-state index in [-0.39, 0.29) is 12.3 Å². The fraction of sp³-hybridized carbons (Fsp3) is 0.231. The molecule has 1 saturated heterocycles. The van der Waals surface area contributed by atoms with Gasteiger partial charge in [-0.2, -0.15) is 0 Å². The van der Waals surface area contributed by atoms with E-state index in [1.54, 1.807) is 31.4 Å². The van der Waals surface area contributed by atoms with Crippen LogP contribution in [0.15, 0.2) is 24.3 Å². The largest absolute Gasteiger partial charge is 0.497 e. The average Bonchev–Trinajstić information content (AvgIpc) is 2.65. The lowest BCUT2D eigenvalue weighted by molar-refractivity contribution is -0.118. The normalized spacial score (nSPS) is 18.4. The van der Waals surface area contributed by atoms with Crippen LogP contribution in [0.4, 0.5) is 10.5 Å². The number of terminal acetylenes is 1. The molecule has 1 atom stereocenters. The molecule has 1 aromatic rings. The Labute approximate surface area is 105 Å². The summed E-state index contributed by atoms with van der Waals surface area (Å²) in [7, 11) is 1.55. The number of methoxy groups -OCH3 is 1. The Morgan fingerprint density at radius 1 is 1.39 bits per heavy atom. The van der Waals surface area contributed by atoms with Crippen LogP contribution in [0.1, 0.15) is 6.42 Å². The van der Waals surface area contributed by atoms with E-state index in [1.807, 2.05) is 0 Å². The maximum absolute atomic E-state index is 12.0. The number of rotatable bonds is 3. The van der Waals surface area contributed by atoms with E-state index in [2.05, 4.69) is 11.2 Å². The van der Waals surface area contributed by atoms with Crippen LogP contribution >= 0.6 is 0 Å². The van der Waals surface area contributed by atoms with Crippen molar-refractivity contribution in [2.75, 3.05) is 12.0 Å². The van der Waals surface area contributed by atoms with Crippen molar-refractivity contribution < 1.29 is 14.3 Å². The molecule has 2 rings (SSSR count). The van der Waals surface area contributed by atoms with Crippen molar-refractivity contribution in [1.29, 1.82) is 0 Å². The number of nitrogens with one attached hydrogen (secondary N) is 1. The van der Waals surface area contributed by atoms with Gasteiger partial charge in [-0.25, -0.2) is 9.69 Å². The number of urea groups is 1. The van der Waals surface area contributed by atoms with Gasteiger partial charge in [0.2, 0.25) is 0 Å². The van der Waals surface area contributed by atoms with Crippen LogP contribution in [0.5, 0.6) is 5.75 Å². The highest BCUT2D eigenvalue weighted by Gasteiger charge is 2.38. The van der Waals surface area contributed by atoms with Crippen molar-refractivity contribution in [3.63, 3.8) is 0 Å². The molecule has 3 amide bonds. The average molecular weight is 244 g/mol. The van der Waals surface area contributed by atoms with Crippen molar-refractivity contribution in [2.45, 2.75) is 12.5 Å². The zero-order valence-electron chi connectivity index (χ0n) is 9.84. The zero-order chi connectivity index (χ0) is 13.1. The topological polar surface area (TPSA) is 58.6 Å². The summed E-state index contributed by atoms with van der Waals surface area (Å²) < 4.78 is 5.01. The fourth-order valence-electron chi connectivity index (χ4n) is 1.76. The van der Waals surface area contributed by atoms with Gasteiger partial charge in [-0.3, -0.25) is 4.79 Å². The Hall–Kier alpha value is -2.48. The summed E-state index contributed by atoms with van der Waals surface area (Å²) in [4.78, 5) is 24.8. The number of anilines is 1. The van der Waals surface area contributed by atoms with Gasteiger partial charge in [-0.1, -0.05) is 0 Å². The van der Waals surface area contributed by atoms with E-state index in [9.17, 15) is 9.59 Å². The van der Waals surface area contributed by atoms with E-state index in [4.69, 9.17) is 11.2 Å². The Kier molecular flexibility index (Phi) is 3.20.